The third-order valence-electron chi connectivity index (χ3n) is 5.77. The smallest absolute Gasteiger partial charge is 0.338 e. The average molecular weight is 420 g/mol. The molecule has 2 heterocycles. The van der Waals surface area contributed by atoms with Gasteiger partial charge >= 0.3 is 17.9 Å². The fourth-order valence-electron chi connectivity index (χ4n) is 4.02. The SMILES string of the molecule is CC(=O)OCC1=C2C(OC(=O)C=C(C)C)CC(C)C(=O)CCC3(C)OC3C2OC1=O. The zero-order valence-electron chi connectivity index (χ0n) is 18.0. The second kappa shape index (κ2) is 8.34. The van der Waals surface area contributed by atoms with Crippen molar-refractivity contribution in [3.63, 3.8) is 0 Å². The highest BCUT2D eigenvalue weighted by atomic mass is 16.6. The van der Waals surface area contributed by atoms with Crippen LogP contribution in [0.5, 0.6) is 0 Å². The Morgan fingerprint density at radius 2 is 1.93 bits per heavy atom. The molecule has 2 fully saturated rings. The number of hydrogen-bond donors (Lipinski definition) is 0. The molecule has 8 nitrogen and oxygen atoms in total. The van der Waals surface area contributed by atoms with E-state index in [4.69, 9.17) is 18.9 Å². The van der Waals surface area contributed by atoms with Gasteiger partial charge in [0.05, 0.1) is 11.2 Å². The molecule has 0 aromatic rings. The van der Waals surface area contributed by atoms with Crippen molar-refractivity contribution in [2.75, 3.05) is 6.61 Å². The first kappa shape index (κ1) is 22.2. The maximum Gasteiger partial charge on any atom is 0.338 e. The first-order valence-corrected chi connectivity index (χ1v) is 10.1. The van der Waals surface area contributed by atoms with Gasteiger partial charge in [0.1, 0.15) is 24.6 Å². The third-order valence-corrected chi connectivity index (χ3v) is 5.77. The van der Waals surface area contributed by atoms with E-state index < -0.39 is 47.7 Å². The Morgan fingerprint density at radius 3 is 2.57 bits per heavy atom. The van der Waals surface area contributed by atoms with Gasteiger partial charge in [-0.15, -0.1) is 0 Å². The van der Waals surface area contributed by atoms with Crippen molar-refractivity contribution >= 4 is 23.7 Å². The molecule has 1 saturated heterocycles. The minimum atomic E-state index is -0.874. The number of carbonyl (C=O) groups excluding carboxylic acids is 4. The summed E-state index contributed by atoms with van der Waals surface area (Å²) in [6, 6.07) is 0. The number of ketones is 1. The predicted octanol–water partition coefficient (Wildman–Crippen LogP) is 2.20. The van der Waals surface area contributed by atoms with Crippen molar-refractivity contribution < 1.29 is 38.1 Å². The van der Waals surface area contributed by atoms with Crippen LogP contribution in [0.4, 0.5) is 0 Å². The lowest BCUT2D eigenvalue weighted by Gasteiger charge is -2.26. The first-order valence-electron chi connectivity index (χ1n) is 10.1. The molecule has 5 unspecified atom stereocenters. The Labute approximate surface area is 175 Å². The molecule has 0 spiro atoms. The number of ether oxygens (including phenoxy) is 4. The van der Waals surface area contributed by atoms with Gasteiger partial charge in [-0.25, -0.2) is 9.59 Å². The van der Waals surface area contributed by atoms with Crippen molar-refractivity contribution in [2.24, 2.45) is 5.92 Å². The highest BCUT2D eigenvalue weighted by Crippen LogP contribution is 2.49. The van der Waals surface area contributed by atoms with Gasteiger partial charge in [0.25, 0.3) is 0 Å². The van der Waals surface area contributed by atoms with Gasteiger partial charge in [-0.2, -0.15) is 0 Å². The fourth-order valence-corrected chi connectivity index (χ4v) is 4.02. The summed E-state index contributed by atoms with van der Waals surface area (Å²) < 4.78 is 22.2. The highest BCUT2D eigenvalue weighted by molar-refractivity contribution is 5.94. The van der Waals surface area contributed by atoms with Crippen LogP contribution in [-0.4, -0.2) is 54.2 Å². The second-order valence-corrected chi connectivity index (χ2v) is 8.64. The summed E-state index contributed by atoms with van der Waals surface area (Å²) in [4.78, 5) is 49.0. The van der Waals surface area contributed by atoms with E-state index in [0.29, 0.717) is 18.4 Å². The molecule has 1 saturated carbocycles. The van der Waals surface area contributed by atoms with E-state index in [1.54, 1.807) is 20.8 Å². The largest absolute Gasteiger partial charge is 0.461 e. The van der Waals surface area contributed by atoms with Crippen molar-refractivity contribution in [1.29, 1.82) is 0 Å². The summed E-state index contributed by atoms with van der Waals surface area (Å²) in [6.45, 7) is 8.13. The minimum Gasteiger partial charge on any atom is -0.461 e. The lowest BCUT2D eigenvalue weighted by atomic mass is 9.83. The topological polar surface area (TPSA) is 108 Å². The summed E-state index contributed by atoms with van der Waals surface area (Å²) in [7, 11) is 0. The maximum absolute atomic E-state index is 12.6. The number of esters is 3. The van der Waals surface area contributed by atoms with Crippen molar-refractivity contribution in [3.8, 4) is 0 Å². The number of rotatable bonds is 4. The summed E-state index contributed by atoms with van der Waals surface area (Å²) in [5, 5.41) is 0. The van der Waals surface area contributed by atoms with Gasteiger partial charge in [0, 0.05) is 30.9 Å². The first-order chi connectivity index (χ1) is 14.0. The Hall–Kier alpha value is -2.48. The summed E-state index contributed by atoms with van der Waals surface area (Å²) in [5.41, 5.74) is 0.718. The summed E-state index contributed by atoms with van der Waals surface area (Å²) in [6.07, 6.45) is 0.335. The normalized spacial score (nSPS) is 33.1. The van der Waals surface area contributed by atoms with Gasteiger partial charge < -0.3 is 18.9 Å². The Kier molecular flexibility index (Phi) is 6.17. The van der Waals surface area contributed by atoms with Crippen molar-refractivity contribution in [1.82, 2.24) is 0 Å². The van der Waals surface area contributed by atoms with Gasteiger partial charge in [0.2, 0.25) is 0 Å². The number of fused-ring (bicyclic) bond motifs is 3. The van der Waals surface area contributed by atoms with Crippen molar-refractivity contribution in [3.05, 3.63) is 22.8 Å². The number of carbonyl (C=O) groups is 4. The maximum atomic E-state index is 12.6. The monoisotopic (exact) mass is 420 g/mol. The molecule has 1 aliphatic carbocycles. The van der Waals surface area contributed by atoms with E-state index in [1.807, 2.05) is 6.92 Å². The molecule has 2 aliphatic heterocycles. The Morgan fingerprint density at radius 1 is 1.23 bits per heavy atom. The zero-order valence-corrected chi connectivity index (χ0v) is 18.0. The van der Waals surface area contributed by atoms with E-state index in [0.717, 1.165) is 5.57 Å². The highest BCUT2D eigenvalue weighted by Gasteiger charge is 2.62. The quantitative estimate of drug-likeness (QED) is 0.295. The van der Waals surface area contributed by atoms with Crippen LogP contribution in [0.3, 0.4) is 0 Å². The predicted molar refractivity (Wildman–Crippen MR) is 104 cm³/mol. The molecule has 0 aromatic heterocycles. The van der Waals surface area contributed by atoms with Crippen LogP contribution >= 0.6 is 0 Å². The lowest BCUT2D eigenvalue weighted by Crippen LogP contribution is -2.36. The zero-order chi connectivity index (χ0) is 22.2. The molecular weight excluding hydrogens is 392 g/mol. The van der Waals surface area contributed by atoms with Crippen LogP contribution in [0.2, 0.25) is 0 Å². The molecule has 0 N–H and O–H groups in total. The Bertz CT molecular complexity index is 834. The summed E-state index contributed by atoms with van der Waals surface area (Å²) in [5.74, 6) is -2.11. The van der Waals surface area contributed by atoms with Gasteiger partial charge in [-0.05, 0) is 33.6 Å². The molecular formula is C22H28O8. The molecule has 0 aromatic carbocycles. The number of hydrogen-bond acceptors (Lipinski definition) is 8. The minimum absolute atomic E-state index is 0.0413. The van der Waals surface area contributed by atoms with E-state index in [9.17, 15) is 19.2 Å². The molecule has 3 rings (SSSR count). The lowest BCUT2D eigenvalue weighted by molar-refractivity contribution is -0.144. The van der Waals surface area contributed by atoms with Crippen LogP contribution < -0.4 is 0 Å². The van der Waals surface area contributed by atoms with E-state index in [1.165, 1.54) is 13.0 Å². The number of epoxide rings is 1. The van der Waals surface area contributed by atoms with Gasteiger partial charge in [-0.3, -0.25) is 9.59 Å². The summed E-state index contributed by atoms with van der Waals surface area (Å²) >= 11 is 0. The third kappa shape index (κ3) is 4.64. The second-order valence-electron chi connectivity index (χ2n) is 8.64. The van der Waals surface area contributed by atoms with Crippen LogP contribution in [0.1, 0.15) is 53.9 Å². The molecule has 8 heteroatoms. The Balaban J connectivity index is 2.04. The van der Waals surface area contributed by atoms with E-state index >= 15 is 0 Å². The van der Waals surface area contributed by atoms with Gasteiger partial charge in [-0.1, -0.05) is 12.5 Å². The van der Waals surface area contributed by atoms with Crippen LogP contribution in [0.25, 0.3) is 0 Å². The molecule has 0 radical (unpaired) electrons. The number of Topliss-reactive ketones (excluding diaryl/α,β-unsaturated/α-hetero) is 1. The number of allylic oxidation sites excluding steroid dienone is 1. The molecule has 0 bridgehead atoms. The van der Waals surface area contributed by atoms with Gasteiger partial charge in [0.15, 0.2) is 6.10 Å². The average Bonchev–Trinajstić information content (AvgIpc) is 3.19. The standard InChI is InChI=1S/C22H28O8/c1-11(2)8-17(25)28-16-9-12(3)15(24)6-7-22(5)20(30-22)19-18(16)14(21(26)29-19)10-27-13(4)23/h8,12,16,19-20H,6-7,9-10H2,1-5H3. The van der Waals surface area contributed by atoms with Crippen LogP contribution in [-0.2, 0) is 38.1 Å². The molecule has 3 aliphatic rings. The molecule has 164 valence electrons. The van der Waals surface area contributed by atoms with Crippen molar-refractivity contribution in [2.45, 2.75) is 77.8 Å². The van der Waals surface area contributed by atoms with Crippen LogP contribution in [0, 0.1) is 5.92 Å². The van der Waals surface area contributed by atoms with E-state index in [-0.39, 0.29) is 24.4 Å². The molecule has 0 amide bonds. The van der Waals surface area contributed by atoms with E-state index in [2.05, 4.69) is 0 Å². The fraction of sp³-hybridized carbons (Fsp3) is 0.636. The van der Waals surface area contributed by atoms with Crippen LogP contribution in [0.15, 0.2) is 22.8 Å². The molecule has 30 heavy (non-hydrogen) atoms. The molecule has 5 atom stereocenters.